The zero-order valence-corrected chi connectivity index (χ0v) is 22.2. The Morgan fingerprint density at radius 1 is 1.15 bits per heavy atom. The minimum atomic E-state index is -0.647. The highest BCUT2D eigenvalue weighted by Crippen LogP contribution is 2.33. The van der Waals surface area contributed by atoms with E-state index in [9.17, 15) is 19.5 Å². The summed E-state index contributed by atoms with van der Waals surface area (Å²) in [6.45, 7) is 4.92. The molecule has 3 amide bonds. The maximum atomic E-state index is 12.6. The van der Waals surface area contributed by atoms with Gasteiger partial charge in [-0.15, -0.1) is 0 Å². The smallest absolute Gasteiger partial charge is 0.249 e. The van der Waals surface area contributed by atoms with Crippen LogP contribution in [0.15, 0.2) is 42.6 Å². The molecule has 2 aromatic carbocycles. The van der Waals surface area contributed by atoms with E-state index in [1.54, 1.807) is 24.4 Å². The van der Waals surface area contributed by atoms with E-state index in [0.29, 0.717) is 35.7 Å². The first kappa shape index (κ1) is 27.0. The molecule has 39 heavy (non-hydrogen) atoms. The normalized spacial score (nSPS) is 18.2. The van der Waals surface area contributed by atoms with E-state index >= 15 is 0 Å². The van der Waals surface area contributed by atoms with E-state index in [1.165, 1.54) is 4.57 Å². The lowest BCUT2D eigenvalue weighted by molar-refractivity contribution is -0.135. The van der Waals surface area contributed by atoms with Crippen LogP contribution in [0.3, 0.4) is 0 Å². The van der Waals surface area contributed by atoms with E-state index < -0.39 is 11.9 Å². The van der Waals surface area contributed by atoms with Crippen LogP contribution in [0.4, 0.5) is 0 Å². The number of morpholine rings is 1. The second kappa shape index (κ2) is 12.1. The van der Waals surface area contributed by atoms with Crippen molar-refractivity contribution < 1.29 is 29.0 Å². The van der Waals surface area contributed by atoms with Crippen LogP contribution < -0.4 is 15.4 Å². The van der Waals surface area contributed by atoms with Crippen molar-refractivity contribution in [1.82, 2.24) is 20.1 Å². The number of hydrogen-bond donors (Lipinski definition) is 3. The summed E-state index contributed by atoms with van der Waals surface area (Å²) in [5, 5.41) is 17.7. The maximum Gasteiger partial charge on any atom is 0.249 e. The SMILES string of the molecule is O=C(Cc1ccc(OCCN2CCOCC2)c(Cl)c1)NCc1ccc2c(O)n(C3CCC(=O)NC3=O)cc2c1. The average molecular weight is 555 g/mol. The molecule has 206 valence electrons. The Labute approximate surface area is 230 Å². The molecular weight excluding hydrogens is 524 g/mol. The number of rotatable bonds is 9. The summed E-state index contributed by atoms with van der Waals surface area (Å²) >= 11 is 6.40. The van der Waals surface area contributed by atoms with Crippen molar-refractivity contribution in [3.05, 3.63) is 58.7 Å². The number of benzene rings is 2. The number of halogens is 1. The Bertz CT molecular complexity index is 1380. The molecule has 2 aliphatic rings. The van der Waals surface area contributed by atoms with Crippen LogP contribution >= 0.6 is 11.6 Å². The molecule has 10 nitrogen and oxygen atoms in total. The highest BCUT2D eigenvalue weighted by molar-refractivity contribution is 6.32. The number of amides is 3. The molecule has 2 saturated heterocycles. The van der Waals surface area contributed by atoms with Gasteiger partial charge in [0.25, 0.3) is 0 Å². The molecule has 0 aliphatic carbocycles. The number of aromatic hydroxyl groups is 1. The molecule has 0 saturated carbocycles. The summed E-state index contributed by atoms with van der Waals surface area (Å²) in [4.78, 5) is 38.6. The van der Waals surface area contributed by atoms with Crippen LogP contribution in [0.2, 0.25) is 5.02 Å². The van der Waals surface area contributed by atoms with Gasteiger partial charge in [-0.25, -0.2) is 0 Å². The number of piperidine rings is 1. The van der Waals surface area contributed by atoms with E-state index in [1.807, 2.05) is 18.2 Å². The van der Waals surface area contributed by atoms with Gasteiger partial charge >= 0.3 is 0 Å². The zero-order valence-electron chi connectivity index (χ0n) is 21.5. The summed E-state index contributed by atoms with van der Waals surface area (Å²) in [5.41, 5.74) is 1.62. The van der Waals surface area contributed by atoms with Gasteiger partial charge in [-0.05, 0) is 41.8 Å². The predicted octanol–water partition coefficient (Wildman–Crippen LogP) is 2.55. The molecule has 3 heterocycles. The van der Waals surface area contributed by atoms with Gasteiger partial charge in [0.05, 0.1) is 24.7 Å². The zero-order chi connectivity index (χ0) is 27.4. The first-order chi connectivity index (χ1) is 18.9. The summed E-state index contributed by atoms with van der Waals surface area (Å²) in [5.74, 6) is -0.329. The van der Waals surface area contributed by atoms with Gasteiger partial charge in [-0.1, -0.05) is 23.7 Å². The highest BCUT2D eigenvalue weighted by Gasteiger charge is 2.30. The van der Waals surface area contributed by atoms with Crippen molar-refractivity contribution >= 4 is 40.1 Å². The Kier molecular flexibility index (Phi) is 8.35. The summed E-state index contributed by atoms with van der Waals surface area (Å²) in [6, 6.07) is 10.2. The van der Waals surface area contributed by atoms with Gasteiger partial charge in [0, 0.05) is 49.6 Å². The quantitative estimate of drug-likeness (QED) is 0.347. The van der Waals surface area contributed by atoms with Crippen molar-refractivity contribution in [3.63, 3.8) is 0 Å². The van der Waals surface area contributed by atoms with Crippen molar-refractivity contribution in [2.24, 2.45) is 0 Å². The van der Waals surface area contributed by atoms with Crippen LogP contribution in [-0.2, 0) is 32.1 Å². The summed E-state index contributed by atoms with van der Waals surface area (Å²) < 4.78 is 12.7. The minimum absolute atomic E-state index is 0.0273. The van der Waals surface area contributed by atoms with Gasteiger partial charge in [-0.2, -0.15) is 0 Å². The number of carbonyl (C=O) groups is 3. The molecular formula is C28H31ClN4O6. The fourth-order valence-corrected chi connectivity index (χ4v) is 5.15. The molecule has 3 aromatic rings. The third-order valence-corrected chi connectivity index (χ3v) is 7.34. The number of nitrogens with one attached hydrogen (secondary N) is 2. The lowest BCUT2D eigenvalue weighted by Gasteiger charge is -2.26. The van der Waals surface area contributed by atoms with E-state index in [-0.39, 0.29) is 30.5 Å². The van der Waals surface area contributed by atoms with Crippen molar-refractivity contribution in [2.75, 3.05) is 39.5 Å². The van der Waals surface area contributed by atoms with Gasteiger partial charge in [0.1, 0.15) is 18.4 Å². The molecule has 3 N–H and O–H groups in total. The fourth-order valence-electron chi connectivity index (χ4n) is 4.90. The lowest BCUT2D eigenvalue weighted by atomic mass is 10.1. The third-order valence-electron chi connectivity index (χ3n) is 7.04. The van der Waals surface area contributed by atoms with Crippen LogP contribution in [0.25, 0.3) is 10.8 Å². The molecule has 2 aliphatic heterocycles. The number of carbonyl (C=O) groups excluding carboxylic acids is 3. The van der Waals surface area contributed by atoms with E-state index in [0.717, 1.165) is 49.4 Å². The number of fused-ring (bicyclic) bond motifs is 1. The van der Waals surface area contributed by atoms with Crippen LogP contribution in [0, 0.1) is 0 Å². The maximum absolute atomic E-state index is 12.6. The number of nitrogens with zero attached hydrogens (tertiary/aromatic N) is 2. The molecule has 0 radical (unpaired) electrons. The molecule has 0 spiro atoms. The first-order valence-corrected chi connectivity index (χ1v) is 13.4. The van der Waals surface area contributed by atoms with Crippen molar-refractivity contribution in [1.29, 1.82) is 0 Å². The number of hydrogen-bond acceptors (Lipinski definition) is 7. The van der Waals surface area contributed by atoms with Crippen molar-refractivity contribution in [3.8, 4) is 11.6 Å². The van der Waals surface area contributed by atoms with Crippen LogP contribution in [0.1, 0.15) is 30.0 Å². The van der Waals surface area contributed by atoms with E-state index in [4.69, 9.17) is 21.1 Å². The predicted molar refractivity (Wildman–Crippen MR) is 145 cm³/mol. The number of aromatic nitrogens is 1. The van der Waals surface area contributed by atoms with Gasteiger partial charge in [0.2, 0.25) is 17.7 Å². The Hall–Kier alpha value is -3.60. The Morgan fingerprint density at radius 3 is 2.72 bits per heavy atom. The van der Waals surface area contributed by atoms with Gasteiger partial charge in [0.15, 0.2) is 5.88 Å². The molecule has 2 fully saturated rings. The lowest BCUT2D eigenvalue weighted by Crippen LogP contribution is -2.41. The molecule has 1 unspecified atom stereocenters. The van der Waals surface area contributed by atoms with Crippen LogP contribution in [-0.4, -0.2) is 71.7 Å². The number of imide groups is 1. The summed E-state index contributed by atoms with van der Waals surface area (Å²) in [7, 11) is 0. The fraction of sp³-hybridized carbons (Fsp3) is 0.393. The molecule has 1 aromatic heterocycles. The van der Waals surface area contributed by atoms with E-state index in [2.05, 4.69) is 15.5 Å². The second-order valence-corrected chi connectivity index (χ2v) is 10.2. The molecule has 0 bridgehead atoms. The standard InChI is InChI=1S/C28H31ClN4O6/c29-22-14-18(2-5-24(22)39-12-9-32-7-10-38-11-8-32)15-26(35)30-16-19-1-3-21-20(13-19)17-33(28(21)37)23-4-6-25(34)31-27(23)36/h1-3,5,13-14,17,23,37H,4,6-12,15-16H2,(H,30,35)(H,31,34,36). The monoisotopic (exact) mass is 554 g/mol. The first-order valence-electron chi connectivity index (χ1n) is 13.0. The van der Waals surface area contributed by atoms with Crippen LogP contribution in [0.5, 0.6) is 11.6 Å². The Morgan fingerprint density at radius 2 is 1.95 bits per heavy atom. The van der Waals surface area contributed by atoms with Crippen molar-refractivity contribution in [2.45, 2.75) is 31.8 Å². The Balaban J connectivity index is 1.14. The number of ether oxygens (including phenoxy) is 2. The highest BCUT2D eigenvalue weighted by atomic mass is 35.5. The second-order valence-electron chi connectivity index (χ2n) is 9.77. The molecule has 5 rings (SSSR count). The topological polar surface area (TPSA) is 122 Å². The average Bonchev–Trinajstić information content (AvgIpc) is 3.24. The molecule has 1 atom stereocenters. The van der Waals surface area contributed by atoms with Gasteiger partial charge in [-0.3, -0.25) is 24.6 Å². The summed E-state index contributed by atoms with van der Waals surface area (Å²) in [6.07, 6.45) is 2.41. The minimum Gasteiger partial charge on any atom is -0.494 e. The largest absolute Gasteiger partial charge is 0.494 e. The molecule has 11 heteroatoms. The van der Waals surface area contributed by atoms with Gasteiger partial charge < -0.3 is 24.5 Å². The third kappa shape index (κ3) is 6.52.